The van der Waals surface area contributed by atoms with Crippen molar-refractivity contribution in [2.45, 2.75) is 57.7 Å². The third-order valence-electron chi connectivity index (χ3n) is 3.90. The smallest absolute Gasteiger partial charge is 0.326 e. The second kappa shape index (κ2) is 12.1. The molecule has 9 heteroatoms. The van der Waals surface area contributed by atoms with E-state index in [2.05, 4.69) is 23.3 Å². The zero-order valence-electron chi connectivity index (χ0n) is 14.3. The Hall–Kier alpha value is -1.32. The Bertz CT molecular complexity index is 422. The van der Waals surface area contributed by atoms with Crippen LogP contribution in [-0.2, 0) is 14.4 Å². The van der Waals surface area contributed by atoms with Gasteiger partial charge in [-0.3, -0.25) is 9.59 Å². The van der Waals surface area contributed by atoms with Crippen LogP contribution in [-0.4, -0.2) is 53.3 Å². The second-order valence-electron chi connectivity index (χ2n) is 5.84. The van der Waals surface area contributed by atoms with E-state index in [0.717, 1.165) is 12.8 Å². The molecule has 0 saturated heterocycles. The van der Waals surface area contributed by atoms with E-state index < -0.39 is 35.9 Å². The summed E-state index contributed by atoms with van der Waals surface area (Å²) in [5.41, 5.74) is 11.2. The van der Waals surface area contributed by atoms with Gasteiger partial charge in [-0.2, -0.15) is 12.6 Å². The first-order chi connectivity index (χ1) is 11.3. The molecular formula is C15H30N4O4S. The lowest BCUT2D eigenvalue weighted by Gasteiger charge is -2.24. The van der Waals surface area contributed by atoms with Crippen LogP contribution in [0.5, 0.6) is 0 Å². The molecule has 0 spiro atoms. The lowest BCUT2D eigenvalue weighted by molar-refractivity contribution is -0.143. The Kier molecular flexibility index (Phi) is 11.4. The number of carbonyl (C=O) groups is 3. The van der Waals surface area contributed by atoms with Crippen molar-refractivity contribution in [3.63, 3.8) is 0 Å². The van der Waals surface area contributed by atoms with E-state index in [9.17, 15) is 19.5 Å². The van der Waals surface area contributed by atoms with Gasteiger partial charge in [0.1, 0.15) is 12.1 Å². The van der Waals surface area contributed by atoms with Crippen LogP contribution in [0.2, 0.25) is 0 Å². The molecule has 7 N–H and O–H groups in total. The topological polar surface area (TPSA) is 148 Å². The Labute approximate surface area is 148 Å². The zero-order valence-corrected chi connectivity index (χ0v) is 15.2. The summed E-state index contributed by atoms with van der Waals surface area (Å²) >= 11 is 4.05. The maximum atomic E-state index is 12.2. The predicted octanol–water partition coefficient (Wildman–Crippen LogP) is -0.527. The molecule has 0 heterocycles. The molecule has 0 aliphatic rings. The number of rotatable bonds is 12. The third kappa shape index (κ3) is 7.98. The van der Waals surface area contributed by atoms with E-state index in [1.165, 1.54) is 0 Å². The highest BCUT2D eigenvalue weighted by molar-refractivity contribution is 7.80. The first kappa shape index (κ1) is 22.7. The summed E-state index contributed by atoms with van der Waals surface area (Å²) in [6, 6.07) is -2.69. The van der Waals surface area contributed by atoms with Crippen LogP contribution in [0.1, 0.15) is 39.5 Å². The summed E-state index contributed by atoms with van der Waals surface area (Å²) < 4.78 is 0. The Morgan fingerprint density at radius 3 is 2.25 bits per heavy atom. The van der Waals surface area contributed by atoms with Crippen molar-refractivity contribution in [2.24, 2.45) is 17.4 Å². The first-order valence-corrected chi connectivity index (χ1v) is 8.81. The highest BCUT2D eigenvalue weighted by Crippen LogP contribution is 2.08. The molecule has 0 fully saturated rings. The molecule has 0 aliphatic heterocycles. The van der Waals surface area contributed by atoms with E-state index in [0.29, 0.717) is 19.4 Å². The van der Waals surface area contributed by atoms with Gasteiger partial charge in [0, 0.05) is 5.75 Å². The van der Waals surface area contributed by atoms with Crippen molar-refractivity contribution in [3.05, 3.63) is 0 Å². The summed E-state index contributed by atoms with van der Waals surface area (Å²) in [6.45, 7) is 4.11. The molecule has 4 unspecified atom stereocenters. The molecular weight excluding hydrogens is 332 g/mol. The van der Waals surface area contributed by atoms with Gasteiger partial charge < -0.3 is 27.2 Å². The molecule has 0 aliphatic carbocycles. The number of hydrogen-bond acceptors (Lipinski definition) is 6. The molecule has 0 rings (SSSR count). The van der Waals surface area contributed by atoms with Gasteiger partial charge in [-0.25, -0.2) is 4.79 Å². The van der Waals surface area contributed by atoms with Gasteiger partial charge in [0.05, 0.1) is 6.04 Å². The number of aliphatic carboxylic acids is 1. The maximum Gasteiger partial charge on any atom is 0.326 e. The van der Waals surface area contributed by atoms with Gasteiger partial charge in [-0.1, -0.05) is 26.7 Å². The standard InChI is InChI=1S/C15H30N4O4S/c1-3-9(2)12(15(22)23)19-14(21)11(8-24)18-13(20)10(17)6-4-5-7-16/h9-12,24H,3-8,16-17H2,1-2H3,(H,18,20)(H,19,21)(H,22,23). The molecule has 0 radical (unpaired) electrons. The Morgan fingerprint density at radius 2 is 1.79 bits per heavy atom. The number of carbonyl (C=O) groups excluding carboxylic acids is 2. The monoisotopic (exact) mass is 362 g/mol. The van der Waals surface area contributed by atoms with Gasteiger partial charge in [0.15, 0.2) is 0 Å². The largest absolute Gasteiger partial charge is 0.480 e. The molecule has 24 heavy (non-hydrogen) atoms. The number of carboxylic acid groups (broad SMARTS) is 1. The Balaban J connectivity index is 4.68. The van der Waals surface area contributed by atoms with E-state index in [4.69, 9.17) is 11.5 Å². The van der Waals surface area contributed by atoms with Gasteiger partial charge in [0.2, 0.25) is 11.8 Å². The van der Waals surface area contributed by atoms with Crippen molar-refractivity contribution < 1.29 is 19.5 Å². The number of nitrogens with two attached hydrogens (primary N) is 2. The van der Waals surface area contributed by atoms with Gasteiger partial charge in [-0.05, 0) is 25.3 Å². The SMILES string of the molecule is CCC(C)C(NC(=O)C(CS)NC(=O)C(N)CCCCN)C(=O)O. The zero-order chi connectivity index (χ0) is 18.7. The molecule has 0 saturated carbocycles. The summed E-state index contributed by atoms with van der Waals surface area (Å²) in [7, 11) is 0. The van der Waals surface area contributed by atoms with Gasteiger partial charge in [0.25, 0.3) is 0 Å². The van der Waals surface area contributed by atoms with Gasteiger partial charge in [-0.15, -0.1) is 0 Å². The molecule has 4 atom stereocenters. The fourth-order valence-corrected chi connectivity index (χ4v) is 2.31. The van der Waals surface area contributed by atoms with Crippen LogP contribution in [0.15, 0.2) is 0 Å². The summed E-state index contributed by atoms with van der Waals surface area (Å²) in [4.78, 5) is 35.5. The van der Waals surface area contributed by atoms with E-state index in [1.54, 1.807) is 6.92 Å². The minimum absolute atomic E-state index is 0.0416. The normalized spacial score (nSPS) is 15.9. The molecule has 0 aromatic rings. The highest BCUT2D eigenvalue weighted by Gasteiger charge is 2.29. The van der Waals surface area contributed by atoms with Crippen LogP contribution in [0.4, 0.5) is 0 Å². The van der Waals surface area contributed by atoms with E-state index >= 15 is 0 Å². The number of amides is 2. The minimum atomic E-state index is -1.11. The molecule has 140 valence electrons. The van der Waals surface area contributed by atoms with Crippen LogP contribution in [0, 0.1) is 5.92 Å². The van der Waals surface area contributed by atoms with Gasteiger partial charge >= 0.3 is 5.97 Å². The van der Waals surface area contributed by atoms with Crippen molar-refractivity contribution in [1.29, 1.82) is 0 Å². The number of thiol groups is 1. The van der Waals surface area contributed by atoms with Crippen molar-refractivity contribution >= 4 is 30.4 Å². The van der Waals surface area contributed by atoms with E-state index in [1.807, 2.05) is 6.92 Å². The molecule has 2 amide bonds. The number of hydrogen-bond donors (Lipinski definition) is 6. The minimum Gasteiger partial charge on any atom is -0.480 e. The highest BCUT2D eigenvalue weighted by atomic mass is 32.1. The molecule has 0 aromatic heterocycles. The Morgan fingerprint density at radius 1 is 1.17 bits per heavy atom. The van der Waals surface area contributed by atoms with Crippen LogP contribution < -0.4 is 22.1 Å². The molecule has 0 bridgehead atoms. The predicted molar refractivity (Wildman–Crippen MR) is 95.7 cm³/mol. The lowest BCUT2D eigenvalue weighted by Crippen LogP contribution is -2.56. The van der Waals surface area contributed by atoms with E-state index in [-0.39, 0.29) is 11.7 Å². The first-order valence-electron chi connectivity index (χ1n) is 8.18. The van der Waals surface area contributed by atoms with Crippen molar-refractivity contribution in [1.82, 2.24) is 10.6 Å². The van der Waals surface area contributed by atoms with Crippen LogP contribution in [0.25, 0.3) is 0 Å². The third-order valence-corrected chi connectivity index (χ3v) is 4.26. The number of nitrogens with one attached hydrogen (secondary N) is 2. The van der Waals surface area contributed by atoms with Crippen molar-refractivity contribution in [3.8, 4) is 0 Å². The average Bonchev–Trinajstić information content (AvgIpc) is 2.55. The molecule has 8 nitrogen and oxygen atoms in total. The maximum absolute atomic E-state index is 12.2. The fraction of sp³-hybridized carbons (Fsp3) is 0.800. The fourth-order valence-electron chi connectivity index (χ4n) is 2.05. The summed E-state index contributed by atoms with van der Waals surface area (Å²) in [5, 5.41) is 14.2. The number of unbranched alkanes of at least 4 members (excludes halogenated alkanes) is 1. The quantitative estimate of drug-likeness (QED) is 0.203. The second-order valence-corrected chi connectivity index (χ2v) is 6.21. The summed E-state index contributed by atoms with van der Waals surface area (Å²) in [5.74, 6) is -2.35. The number of carboxylic acids is 1. The summed E-state index contributed by atoms with van der Waals surface area (Å²) in [6.07, 6.45) is 2.56. The lowest BCUT2D eigenvalue weighted by atomic mass is 9.99. The van der Waals surface area contributed by atoms with Crippen LogP contribution in [0.3, 0.4) is 0 Å². The van der Waals surface area contributed by atoms with Crippen molar-refractivity contribution in [2.75, 3.05) is 12.3 Å². The van der Waals surface area contributed by atoms with Crippen LogP contribution >= 0.6 is 12.6 Å². The molecule has 0 aromatic carbocycles. The average molecular weight is 362 g/mol.